The fraction of sp³-hybridized carbons (Fsp3) is 0.647. The van der Waals surface area contributed by atoms with E-state index in [9.17, 15) is 37.1 Å². The first-order chi connectivity index (χ1) is 95.5. The van der Waals surface area contributed by atoms with Crippen molar-refractivity contribution >= 4 is 0 Å². The van der Waals surface area contributed by atoms with Gasteiger partial charge < -0.3 is 103 Å². The SMILES string of the molecule is [2H]c1c([2H])c(C(C2(O)CCCCC2)C([2H])([2H])N(C([2H])([2H])[2H])C([2H])([2H])[2H])c([2H])c([2H])c1OC.[2H]c1c([2H])c(C(C2(O)CCCCC2)C([2H])([2H])N(C)C([2H])([2H])[2H])c([2H])c([2H])c1OC.[2H]c1c([2H])c(C(C2(O)CCCCC2)C([2H])([2H])N(C)C)c([2H])c([2H])c1OC.[2H]c1c([2H])c(C(CN(C([2H])([2H])[2H])C([2H])([2H])[2H])C2(O)CCCCC2)c([2H])c([2H])c1OC.[2H]c1c([2H])c(C(CN(C)C([2H])([2H])[2H])C2(O)CCCCC2)c([2H])c([2H])c1OC.[2H]c1c([2H])c(C(CN(C)C)C2(O)CCCCC2)c([2H])c([2H])c1OC.[2H]c1c([2H])c(C([2H])(C([2H])([2H])N(C([2H])([2H])[2H])C([2H])([2H])[2H])C2(O)C([2H])([2H])C([2H])([2H])C([2H])([2H])C([2H])([2H])C2([2H])[2H])c([2H])c([2H])c1OC. The zero-order valence-electron chi connectivity index (χ0n) is 153. The maximum absolute atomic E-state index is 12.1. The minimum Gasteiger partial charge on any atom is -0.497 e. The van der Waals surface area contributed by atoms with E-state index >= 15 is 0 Å². The van der Waals surface area contributed by atoms with Crippen LogP contribution in [0.5, 0.6) is 40.2 Å². The summed E-state index contributed by atoms with van der Waals surface area (Å²) in [5, 5.41) is 80.4. The predicted octanol–water partition coefficient (Wildman–Crippen LogP) is 21.2. The molecule has 7 unspecified atom stereocenters. The molecule has 14 rings (SSSR count). The molecule has 7 saturated carbocycles. The van der Waals surface area contributed by atoms with Crippen molar-refractivity contribution in [2.45, 2.75) is 305 Å². The Balaban J connectivity index is 0.000000294. The fourth-order valence-electron chi connectivity index (χ4n) is 18.1. The van der Waals surface area contributed by atoms with Gasteiger partial charge in [-0.05, 0) is 311 Å². The van der Waals surface area contributed by atoms with E-state index < -0.39 is 325 Å². The minimum absolute atomic E-state index is 0.0292. The molecule has 7 aliphatic rings. The molecule has 0 amide bonds. The summed E-state index contributed by atoms with van der Waals surface area (Å²) < 4.78 is 611. The molecule has 0 radical (unpaired) electrons. The molecule has 7 aliphatic carbocycles. The third kappa shape index (κ3) is 36.7. The van der Waals surface area contributed by atoms with Crippen LogP contribution in [0.25, 0.3) is 0 Å². The average Bonchev–Trinajstić information content (AvgIpc) is 0.633. The van der Waals surface area contributed by atoms with Crippen molar-refractivity contribution in [1.82, 2.24) is 34.3 Å². The Labute approximate surface area is 946 Å². The summed E-state index contributed by atoms with van der Waals surface area (Å²) in [5.74, 6) is -14.6. The standard InChI is InChI=1S/7C17H27NO2/c7*1-18(2)13-16(17(19)11-5-4-6-12-17)14-7-9-15(20-3)10-8-14/h7*7-10,16,19H,4-6,11-13H2,1-3H3/i1D3,2D3,4D2,5D2,6D2,7D,8D,9D,10D,11D2,12D2,13D2,16D;1D3,2D3,7D,8D,9D,10D,13D2;1D3,7D,8D,9D,10D,13D2;1D3,2D3,7D,8D,9D,10D;7D,8D,9D,10D,13D2;1D3,7D,8D,9D,10D;7D,8D,9D,10D. The summed E-state index contributed by atoms with van der Waals surface area (Å²) >= 11 is 0. The van der Waals surface area contributed by atoms with Crippen molar-refractivity contribution in [2.24, 2.45) is 0 Å². The van der Waals surface area contributed by atoms with Crippen LogP contribution in [0.3, 0.4) is 0 Å². The Morgan fingerprint density at radius 2 is 0.436 bits per heavy atom. The average molecular weight is 2010 g/mol. The largest absolute Gasteiger partial charge is 0.497 e. The molecule has 21 nitrogen and oxygen atoms in total. The Kier molecular flexibility index (Phi) is 21.7. The third-order valence-electron chi connectivity index (χ3n) is 25.3. The van der Waals surface area contributed by atoms with Crippen LogP contribution >= 0.6 is 0 Å². The molecule has 0 heterocycles. The van der Waals surface area contributed by atoms with Gasteiger partial charge in [-0.1, -0.05) is 219 Å². The van der Waals surface area contributed by atoms with Gasteiger partial charge in [-0.25, -0.2) is 0 Å². The van der Waals surface area contributed by atoms with Gasteiger partial charge in [0.05, 0.1) is 127 Å². The summed E-state index contributed by atoms with van der Waals surface area (Å²) in [5.41, 5.74) is -16.9. The van der Waals surface area contributed by atoms with Gasteiger partial charge >= 0.3 is 0 Å². The lowest BCUT2D eigenvalue weighted by Gasteiger charge is -2.40. The first-order valence-corrected chi connectivity index (χ1v) is 46.7. The normalized spacial score (nSPS) is 30.4. The maximum atomic E-state index is 12.1. The van der Waals surface area contributed by atoms with E-state index in [0.717, 1.165) is 96.8 Å². The monoisotopic (exact) mass is 2010 g/mol. The van der Waals surface area contributed by atoms with Gasteiger partial charge in [0.15, 0.2) is 0 Å². The maximum Gasteiger partial charge on any atom is 0.118 e. The van der Waals surface area contributed by atoms with E-state index in [0.29, 0.717) is 105 Å². The third-order valence-corrected chi connectivity index (χ3v) is 25.3. The number of rotatable bonds is 35. The van der Waals surface area contributed by atoms with Crippen molar-refractivity contribution in [3.05, 3.63) is 208 Å². The minimum atomic E-state index is -5.11. The number of likely N-dealkylation sites (N-methyl/N-ethyl adjacent to an activating group) is 7. The highest BCUT2D eigenvalue weighted by Crippen LogP contribution is 2.49. The van der Waals surface area contributed by atoms with Crippen molar-refractivity contribution in [1.29, 1.82) is 0 Å². The molecule has 21 heteroatoms. The molecule has 0 aromatic heterocycles. The molecular weight excluding hydrogens is 1750 g/mol. The van der Waals surface area contributed by atoms with E-state index in [2.05, 4.69) is 0 Å². The zero-order chi connectivity index (χ0) is 164. The molecule has 0 bridgehead atoms. The Morgan fingerprint density at radius 1 is 0.243 bits per heavy atom. The van der Waals surface area contributed by atoms with Crippen LogP contribution in [-0.2, 0) is 0 Å². The topological polar surface area (TPSA) is 229 Å². The smallest absolute Gasteiger partial charge is 0.118 e. The molecule has 140 heavy (non-hydrogen) atoms. The van der Waals surface area contributed by atoms with Crippen molar-refractivity contribution in [3.63, 3.8) is 0 Å². The summed E-state index contributed by atoms with van der Waals surface area (Å²) in [4.78, 5) is 3.74. The van der Waals surface area contributed by atoms with E-state index in [1.807, 2.05) is 19.0 Å². The van der Waals surface area contributed by atoms with Crippen LogP contribution in [0.2, 0.25) is 0 Å². The second kappa shape index (κ2) is 58.7. The number of ether oxygens (including phenoxy) is 7. The molecule has 7 N–H and O–H groups in total. The summed E-state index contributed by atoms with van der Waals surface area (Å²) in [6, 6.07) is -15.9. The first-order valence-electron chi connectivity index (χ1n) is 82.2. The number of benzene rings is 7. The fourth-order valence-corrected chi connectivity index (χ4v) is 18.1. The molecule has 0 aliphatic heterocycles. The Morgan fingerprint density at radius 3 is 0.657 bits per heavy atom. The molecule has 7 fully saturated rings. The van der Waals surface area contributed by atoms with Crippen LogP contribution in [-0.4, -0.2) is 303 Å². The van der Waals surface area contributed by atoms with Gasteiger partial charge in [-0.15, -0.1) is 0 Å². The molecular formula is C119H189N7O14. The molecule has 7 aromatic carbocycles. The van der Waals surface area contributed by atoms with Crippen molar-refractivity contribution in [2.75, 3.05) is 193 Å². The molecule has 7 aromatic rings. The van der Waals surface area contributed by atoms with Crippen LogP contribution in [0, 0.1) is 0 Å². The second-order valence-corrected chi connectivity index (χ2v) is 36.1. The molecule has 7 atom stereocenters. The van der Waals surface area contributed by atoms with Crippen molar-refractivity contribution in [3.8, 4) is 40.2 Å². The highest BCUT2D eigenvalue weighted by atomic mass is 16.5. The van der Waals surface area contributed by atoms with Crippen molar-refractivity contribution < 1.29 is 166 Å². The molecule has 784 valence electrons. The van der Waals surface area contributed by atoms with Gasteiger partial charge in [0, 0.05) is 146 Å². The van der Waals surface area contributed by atoms with Gasteiger partial charge in [-0.2, -0.15) is 0 Å². The number of methoxy groups -OCH3 is 7. The van der Waals surface area contributed by atoms with E-state index in [-0.39, 0.29) is 173 Å². The first kappa shape index (κ1) is 51.8. The molecule has 0 spiro atoms. The number of hydrogen-bond donors (Lipinski definition) is 7. The van der Waals surface area contributed by atoms with Crippen LogP contribution < -0.4 is 33.2 Å². The quantitative estimate of drug-likeness (QED) is 0.0196. The number of hydrogen-bond acceptors (Lipinski definition) is 21. The Hall–Kier alpha value is -7.42. The number of nitrogens with zero attached hydrogens (tertiary/aromatic N) is 7. The number of aliphatic hydroxyl groups is 7. The van der Waals surface area contributed by atoms with Crippen LogP contribution in [0.1, 0.15) is 402 Å². The van der Waals surface area contributed by atoms with E-state index in [1.165, 1.54) is 47.5 Å². The highest BCUT2D eigenvalue weighted by molar-refractivity contribution is 5.38. The second-order valence-electron chi connectivity index (χ2n) is 36.1. The van der Waals surface area contributed by atoms with Crippen LogP contribution in [0.15, 0.2) is 169 Å². The zero-order valence-corrected chi connectivity index (χ0v) is 82.4. The summed E-state index contributed by atoms with van der Waals surface area (Å²) in [6.45, 7) is -39.8. The van der Waals surface area contributed by atoms with E-state index in [4.69, 9.17) is 129 Å². The lowest BCUT2D eigenvalue weighted by Crippen LogP contribution is -2.42. The van der Waals surface area contributed by atoms with Crippen LogP contribution in [0.4, 0.5) is 0 Å². The van der Waals surface area contributed by atoms with Gasteiger partial charge in [-0.3, -0.25) is 0 Å². The van der Waals surface area contributed by atoms with Gasteiger partial charge in [0.25, 0.3) is 0 Å². The molecule has 0 saturated heterocycles. The predicted molar refractivity (Wildman–Crippen MR) is 576 cm³/mol. The summed E-state index contributed by atoms with van der Waals surface area (Å²) in [6.07, 6.45) is -5.65. The Bertz CT molecular complexity index is 7940. The van der Waals surface area contributed by atoms with Gasteiger partial charge in [0.1, 0.15) is 40.2 Å². The summed E-state index contributed by atoms with van der Waals surface area (Å²) in [7, 11) is 17.6. The highest BCUT2D eigenvalue weighted by Gasteiger charge is 2.46. The van der Waals surface area contributed by atoms with Gasteiger partial charge in [0.2, 0.25) is 0 Å². The van der Waals surface area contributed by atoms with E-state index in [1.54, 1.807) is 14.1 Å². The lowest BCUT2D eigenvalue weighted by molar-refractivity contribution is -0.0280. The lowest BCUT2D eigenvalue weighted by atomic mass is 9.72.